The van der Waals surface area contributed by atoms with Gasteiger partial charge in [-0.1, -0.05) is 42.5 Å². The van der Waals surface area contributed by atoms with Gasteiger partial charge in [-0.25, -0.2) is 0 Å². The van der Waals surface area contributed by atoms with Crippen LogP contribution < -0.4 is 0 Å². The summed E-state index contributed by atoms with van der Waals surface area (Å²) in [6, 6.07) is 10.4. The summed E-state index contributed by atoms with van der Waals surface area (Å²) in [5.74, 6) is 1.46. The summed E-state index contributed by atoms with van der Waals surface area (Å²) in [7, 11) is -1.69. The summed E-state index contributed by atoms with van der Waals surface area (Å²) in [6.07, 6.45) is 1.45. The van der Waals surface area contributed by atoms with Gasteiger partial charge in [-0.15, -0.1) is 0 Å². The molecule has 0 N–H and O–H groups in total. The average Bonchev–Trinajstić information content (AvgIpc) is 2.61. The van der Waals surface area contributed by atoms with Crippen molar-refractivity contribution in [1.82, 2.24) is 0 Å². The molecule has 1 aromatic carbocycles. The van der Waals surface area contributed by atoms with Crippen LogP contribution in [0.25, 0.3) is 0 Å². The number of hydrogen-bond donors (Lipinski definition) is 0. The average molecular weight is 341 g/mol. The zero-order chi connectivity index (χ0) is 17.7. The van der Waals surface area contributed by atoms with Crippen molar-refractivity contribution in [2.45, 2.75) is 52.2 Å². The highest BCUT2D eigenvalue weighted by Gasteiger charge is 2.55. The minimum Gasteiger partial charge on any atom is -0.547 e. The van der Waals surface area contributed by atoms with Crippen molar-refractivity contribution < 1.29 is 9.22 Å². The third-order valence-corrected chi connectivity index (χ3v) is 6.31. The molecule has 0 aliphatic heterocycles. The second-order valence-electron chi connectivity index (χ2n) is 8.52. The molecule has 2 aliphatic carbocycles. The Morgan fingerprint density at radius 1 is 1.21 bits per heavy atom. The lowest BCUT2D eigenvalue weighted by Gasteiger charge is -2.30. The minimum absolute atomic E-state index is 0.0475. The largest absolute Gasteiger partial charge is 0.547 e. The Hall–Kier alpha value is -1.61. The van der Waals surface area contributed by atoms with Crippen molar-refractivity contribution in [2.24, 2.45) is 11.3 Å². The lowest BCUT2D eigenvalue weighted by atomic mass is 9.76. The Morgan fingerprint density at radius 3 is 2.42 bits per heavy atom. The molecule has 1 aromatic rings. The van der Waals surface area contributed by atoms with Crippen molar-refractivity contribution >= 4 is 14.1 Å². The molecule has 0 heterocycles. The molecule has 3 heteroatoms. The van der Waals surface area contributed by atoms with Crippen LogP contribution in [0.5, 0.6) is 0 Å². The van der Waals surface area contributed by atoms with Crippen LogP contribution in [0.3, 0.4) is 0 Å². The maximum Gasteiger partial charge on any atom is 0.241 e. The van der Waals surface area contributed by atoms with Crippen LogP contribution in [0.1, 0.15) is 38.2 Å². The lowest BCUT2D eigenvalue weighted by Crippen LogP contribution is -2.27. The van der Waals surface area contributed by atoms with E-state index in [1.807, 2.05) is 18.2 Å². The number of rotatable bonds is 3. The number of hydrogen-bond acceptors (Lipinski definition) is 2. The maximum absolute atomic E-state index is 13.2. The van der Waals surface area contributed by atoms with Gasteiger partial charge in [-0.3, -0.25) is 4.79 Å². The fourth-order valence-electron chi connectivity index (χ4n) is 4.31. The second-order valence-corrected chi connectivity index (χ2v) is 12.9. The van der Waals surface area contributed by atoms with Gasteiger partial charge in [0, 0.05) is 18.3 Å². The van der Waals surface area contributed by atoms with E-state index in [9.17, 15) is 4.79 Å². The first-order valence-electron chi connectivity index (χ1n) is 8.79. The number of benzene rings is 1. The molecule has 0 aromatic heterocycles. The fraction of sp³-hybridized carbons (Fsp3) is 0.476. The first kappa shape index (κ1) is 17.2. The van der Waals surface area contributed by atoms with Crippen molar-refractivity contribution in [1.29, 1.82) is 0 Å². The zero-order valence-electron chi connectivity index (χ0n) is 15.5. The summed E-state index contributed by atoms with van der Waals surface area (Å²) in [4.78, 5) is 13.2. The van der Waals surface area contributed by atoms with Gasteiger partial charge in [0.1, 0.15) is 5.78 Å². The molecule has 3 atom stereocenters. The Balaban J connectivity index is 2.05. The smallest absolute Gasteiger partial charge is 0.241 e. The third-order valence-electron chi connectivity index (χ3n) is 5.46. The van der Waals surface area contributed by atoms with E-state index in [1.165, 1.54) is 11.1 Å². The number of Topliss-reactive ketones (excluding diaryl/α,β-unsaturated/α-hetero) is 1. The number of fused-ring (bicyclic) bond motifs is 2. The first-order chi connectivity index (χ1) is 11.1. The zero-order valence-corrected chi connectivity index (χ0v) is 16.5. The van der Waals surface area contributed by atoms with Crippen LogP contribution in [0.4, 0.5) is 0 Å². The van der Waals surface area contributed by atoms with Gasteiger partial charge in [0.05, 0.1) is 11.2 Å². The van der Waals surface area contributed by atoms with Crippen molar-refractivity contribution in [3.05, 3.63) is 59.4 Å². The summed E-state index contributed by atoms with van der Waals surface area (Å²) in [5.41, 5.74) is 3.05. The van der Waals surface area contributed by atoms with Gasteiger partial charge < -0.3 is 4.43 Å². The first-order valence-corrected chi connectivity index (χ1v) is 12.2. The van der Waals surface area contributed by atoms with Crippen molar-refractivity contribution in [3.8, 4) is 0 Å². The van der Waals surface area contributed by atoms with Gasteiger partial charge in [0.15, 0.2) is 0 Å². The number of carbonyl (C=O) groups is 1. The predicted octanol–water partition coefficient (Wildman–Crippen LogP) is 5.45. The van der Waals surface area contributed by atoms with Crippen LogP contribution in [-0.4, -0.2) is 14.1 Å². The summed E-state index contributed by atoms with van der Waals surface area (Å²) in [6.45, 7) is 15.2. The van der Waals surface area contributed by atoms with Gasteiger partial charge in [0.25, 0.3) is 0 Å². The Kier molecular flexibility index (Phi) is 4.11. The lowest BCUT2D eigenvalue weighted by molar-refractivity contribution is -0.127. The Bertz CT molecular complexity index is 711. The molecule has 0 amide bonds. The molecule has 3 rings (SSSR count). The molecule has 128 valence electrons. The second kappa shape index (κ2) is 5.73. The Morgan fingerprint density at radius 2 is 1.83 bits per heavy atom. The number of ketones is 1. The monoisotopic (exact) mass is 340 g/mol. The standard InChI is InChI=1S/C21H28O2Si/c1-14-13-21(3)15(2)19(16-10-8-7-9-11-16)17(20(21)22)12-18(14)23-24(4,5)6/h7-11,17,19H,2,12-13H2,1,3-6H3/t17-,19+,21+/m0/s1. The summed E-state index contributed by atoms with van der Waals surface area (Å²) >= 11 is 0. The van der Waals surface area contributed by atoms with Crippen molar-refractivity contribution in [2.75, 3.05) is 0 Å². The minimum atomic E-state index is -1.69. The molecule has 1 fully saturated rings. The molecule has 0 saturated heterocycles. The van der Waals surface area contributed by atoms with Crippen LogP contribution in [0.15, 0.2) is 53.8 Å². The van der Waals surface area contributed by atoms with Crippen LogP contribution in [-0.2, 0) is 9.22 Å². The molecule has 1 saturated carbocycles. The third kappa shape index (κ3) is 2.79. The summed E-state index contributed by atoms with van der Waals surface area (Å²) in [5, 5.41) is 0. The fourth-order valence-corrected chi connectivity index (χ4v) is 5.31. The molecule has 0 spiro atoms. The highest BCUT2D eigenvalue weighted by molar-refractivity contribution is 6.70. The van der Waals surface area contributed by atoms with E-state index in [4.69, 9.17) is 4.43 Å². The number of allylic oxidation sites excluding steroid dienone is 3. The molecule has 24 heavy (non-hydrogen) atoms. The van der Waals surface area contributed by atoms with E-state index < -0.39 is 13.7 Å². The van der Waals surface area contributed by atoms with Gasteiger partial charge >= 0.3 is 0 Å². The highest BCUT2D eigenvalue weighted by Crippen LogP contribution is 2.57. The van der Waals surface area contributed by atoms with E-state index in [-0.39, 0.29) is 11.8 Å². The molecule has 0 radical (unpaired) electrons. The SMILES string of the molecule is C=C1[C@H](c2ccccc2)[C@@H]2CC(O[Si](C)(C)C)=C(C)C[C@@]1(C)C2=O. The predicted molar refractivity (Wildman–Crippen MR) is 101 cm³/mol. The highest BCUT2D eigenvalue weighted by atomic mass is 28.4. The van der Waals surface area contributed by atoms with E-state index >= 15 is 0 Å². The molecular formula is C21H28O2Si. The van der Waals surface area contributed by atoms with Crippen molar-refractivity contribution in [3.63, 3.8) is 0 Å². The molecule has 2 nitrogen and oxygen atoms in total. The topological polar surface area (TPSA) is 26.3 Å². The quantitative estimate of drug-likeness (QED) is 0.540. The van der Waals surface area contributed by atoms with Crippen LogP contribution >= 0.6 is 0 Å². The number of carbonyl (C=O) groups excluding carboxylic acids is 1. The Labute approximate surface area is 146 Å². The van der Waals surface area contributed by atoms with Crippen LogP contribution in [0, 0.1) is 11.3 Å². The molecule has 2 bridgehead atoms. The van der Waals surface area contributed by atoms with Gasteiger partial charge in [-0.05, 0) is 51.0 Å². The normalized spacial score (nSPS) is 30.5. The molecule has 2 aliphatic rings. The summed E-state index contributed by atoms with van der Waals surface area (Å²) < 4.78 is 6.37. The van der Waals surface area contributed by atoms with E-state index in [1.54, 1.807) is 0 Å². The van der Waals surface area contributed by atoms with Crippen LogP contribution in [0.2, 0.25) is 19.6 Å². The van der Waals surface area contributed by atoms with E-state index in [0.29, 0.717) is 12.2 Å². The maximum atomic E-state index is 13.2. The van der Waals surface area contributed by atoms with Gasteiger partial charge in [-0.2, -0.15) is 0 Å². The van der Waals surface area contributed by atoms with Gasteiger partial charge in [0.2, 0.25) is 8.32 Å². The van der Waals surface area contributed by atoms with E-state index in [0.717, 1.165) is 17.8 Å². The molecule has 0 unspecified atom stereocenters. The van der Waals surface area contributed by atoms with E-state index in [2.05, 4.69) is 52.2 Å². The molecular weight excluding hydrogens is 312 g/mol.